The van der Waals surface area contributed by atoms with Crippen molar-refractivity contribution < 1.29 is 9.53 Å². The molecule has 1 amide bonds. The minimum atomic E-state index is 0.0792. The molecule has 0 bridgehead atoms. The summed E-state index contributed by atoms with van der Waals surface area (Å²) in [6.45, 7) is 7.33. The van der Waals surface area contributed by atoms with Gasteiger partial charge in [0.25, 0.3) is 5.91 Å². The molecule has 0 aliphatic carbocycles. The van der Waals surface area contributed by atoms with Gasteiger partial charge in [0, 0.05) is 29.1 Å². The molecule has 2 heterocycles. The van der Waals surface area contributed by atoms with Gasteiger partial charge >= 0.3 is 0 Å². The molecule has 3 rings (SSSR count). The van der Waals surface area contributed by atoms with Crippen molar-refractivity contribution in [3.8, 4) is 0 Å². The third-order valence-corrected chi connectivity index (χ3v) is 5.80. The number of benzene rings is 1. The summed E-state index contributed by atoms with van der Waals surface area (Å²) in [5.74, 6) is 0.874. The van der Waals surface area contributed by atoms with Crippen LogP contribution in [0.3, 0.4) is 0 Å². The van der Waals surface area contributed by atoms with Gasteiger partial charge in [0.05, 0.1) is 28.5 Å². The zero-order valence-electron chi connectivity index (χ0n) is 14.2. The summed E-state index contributed by atoms with van der Waals surface area (Å²) >= 11 is 3.33. The summed E-state index contributed by atoms with van der Waals surface area (Å²) in [6, 6.07) is 7.85. The van der Waals surface area contributed by atoms with Crippen molar-refractivity contribution >= 4 is 29.0 Å². The van der Waals surface area contributed by atoms with Crippen molar-refractivity contribution in [1.82, 2.24) is 9.88 Å². The van der Waals surface area contributed by atoms with Gasteiger partial charge in [-0.25, -0.2) is 4.98 Å². The number of hydrogen-bond acceptors (Lipinski definition) is 5. The number of carbonyl (C=O) groups is 1. The molecular formula is C18H22N2O2S2. The van der Waals surface area contributed by atoms with E-state index in [1.807, 2.05) is 49.9 Å². The highest BCUT2D eigenvalue weighted by Crippen LogP contribution is 2.28. The van der Waals surface area contributed by atoms with Gasteiger partial charge in [-0.3, -0.25) is 4.79 Å². The molecule has 128 valence electrons. The number of hydrogen-bond donors (Lipinski definition) is 0. The van der Waals surface area contributed by atoms with Crippen LogP contribution in [0.25, 0.3) is 0 Å². The molecule has 1 aromatic heterocycles. The van der Waals surface area contributed by atoms with Crippen LogP contribution in [-0.4, -0.2) is 41.1 Å². The highest BCUT2D eigenvalue weighted by atomic mass is 32.2. The Morgan fingerprint density at radius 1 is 1.33 bits per heavy atom. The number of amides is 1. The van der Waals surface area contributed by atoms with Crippen LogP contribution in [0.5, 0.6) is 0 Å². The first-order valence-electron chi connectivity index (χ1n) is 8.10. The Kier molecular flexibility index (Phi) is 5.58. The van der Waals surface area contributed by atoms with E-state index in [0.717, 1.165) is 26.9 Å². The second-order valence-electron chi connectivity index (χ2n) is 6.11. The molecule has 4 nitrogen and oxygen atoms in total. The number of morpholine rings is 1. The van der Waals surface area contributed by atoms with Crippen molar-refractivity contribution in [2.24, 2.45) is 0 Å². The topological polar surface area (TPSA) is 42.4 Å². The van der Waals surface area contributed by atoms with Crippen LogP contribution in [0, 0.1) is 6.92 Å². The van der Waals surface area contributed by atoms with Crippen molar-refractivity contribution in [2.45, 2.75) is 43.6 Å². The molecule has 1 aliphatic rings. The monoisotopic (exact) mass is 362 g/mol. The van der Waals surface area contributed by atoms with E-state index < -0.39 is 0 Å². The molecule has 24 heavy (non-hydrogen) atoms. The smallest absolute Gasteiger partial charge is 0.255 e. The van der Waals surface area contributed by atoms with Gasteiger partial charge in [-0.05, 0) is 32.9 Å². The molecule has 6 heteroatoms. The van der Waals surface area contributed by atoms with Gasteiger partial charge in [-0.1, -0.05) is 12.1 Å². The van der Waals surface area contributed by atoms with Crippen LogP contribution in [0.2, 0.25) is 0 Å². The number of ether oxygens (including phenoxy) is 1. The lowest BCUT2D eigenvalue weighted by Gasteiger charge is -2.35. The predicted molar refractivity (Wildman–Crippen MR) is 98.8 cm³/mol. The van der Waals surface area contributed by atoms with E-state index in [0.29, 0.717) is 13.1 Å². The van der Waals surface area contributed by atoms with Gasteiger partial charge in [0.2, 0.25) is 0 Å². The first-order chi connectivity index (χ1) is 11.5. The van der Waals surface area contributed by atoms with Crippen LogP contribution in [-0.2, 0) is 10.5 Å². The third kappa shape index (κ3) is 4.18. The number of aromatic nitrogens is 1. The molecule has 0 spiro atoms. The Bertz CT molecular complexity index is 707. The van der Waals surface area contributed by atoms with Gasteiger partial charge in [0.15, 0.2) is 0 Å². The Hall–Kier alpha value is -1.37. The molecule has 2 unspecified atom stereocenters. The zero-order chi connectivity index (χ0) is 17.1. The molecule has 1 saturated heterocycles. The fourth-order valence-corrected chi connectivity index (χ4v) is 4.56. The van der Waals surface area contributed by atoms with Gasteiger partial charge in [0.1, 0.15) is 0 Å². The first kappa shape index (κ1) is 17.5. The van der Waals surface area contributed by atoms with E-state index in [1.54, 1.807) is 23.1 Å². The quantitative estimate of drug-likeness (QED) is 0.771. The van der Waals surface area contributed by atoms with Gasteiger partial charge in [-0.15, -0.1) is 23.1 Å². The summed E-state index contributed by atoms with van der Waals surface area (Å²) in [7, 11) is 0. The molecule has 1 aromatic carbocycles. The number of thiazole rings is 1. The summed E-state index contributed by atoms with van der Waals surface area (Å²) in [5, 5.41) is 3.16. The molecule has 1 fully saturated rings. The number of rotatable bonds is 4. The van der Waals surface area contributed by atoms with Crippen molar-refractivity contribution in [3.63, 3.8) is 0 Å². The number of aryl methyl sites for hydroxylation is 1. The molecule has 0 saturated carbocycles. The van der Waals surface area contributed by atoms with Crippen molar-refractivity contribution in [1.29, 1.82) is 0 Å². The van der Waals surface area contributed by atoms with Crippen molar-refractivity contribution in [3.05, 3.63) is 45.9 Å². The maximum absolute atomic E-state index is 13.0. The lowest BCUT2D eigenvalue weighted by Crippen LogP contribution is -2.48. The summed E-state index contributed by atoms with van der Waals surface area (Å²) in [5.41, 5.74) is 1.84. The maximum atomic E-state index is 13.0. The number of nitrogens with zero attached hydrogens (tertiary/aromatic N) is 2. The fraction of sp³-hybridized carbons (Fsp3) is 0.444. The maximum Gasteiger partial charge on any atom is 0.255 e. The average molecular weight is 363 g/mol. The lowest BCUT2D eigenvalue weighted by atomic mass is 10.1. The Labute approximate surface area is 151 Å². The molecule has 1 aliphatic heterocycles. The minimum absolute atomic E-state index is 0.0792. The van der Waals surface area contributed by atoms with Gasteiger partial charge in [-0.2, -0.15) is 0 Å². The Morgan fingerprint density at radius 2 is 2.04 bits per heavy atom. The van der Waals surface area contributed by atoms with E-state index in [2.05, 4.69) is 10.4 Å². The first-order valence-corrected chi connectivity index (χ1v) is 9.97. The third-order valence-electron chi connectivity index (χ3n) is 3.87. The molecule has 2 aromatic rings. The van der Waals surface area contributed by atoms with E-state index in [1.165, 1.54) is 0 Å². The van der Waals surface area contributed by atoms with E-state index in [9.17, 15) is 4.79 Å². The molecular weight excluding hydrogens is 340 g/mol. The van der Waals surface area contributed by atoms with Crippen LogP contribution in [0.1, 0.15) is 34.9 Å². The normalized spacial score (nSPS) is 21.0. The largest absolute Gasteiger partial charge is 0.372 e. The number of carbonyl (C=O) groups excluding carboxylic acids is 1. The summed E-state index contributed by atoms with van der Waals surface area (Å²) in [4.78, 5) is 20.4. The van der Waals surface area contributed by atoms with Crippen LogP contribution in [0.15, 0.2) is 34.5 Å². The van der Waals surface area contributed by atoms with Crippen molar-refractivity contribution in [2.75, 3.05) is 13.1 Å². The van der Waals surface area contributed by atoms with Crippen LogP contribution in [0.4, 0.5) is 0 Å². The van der Waals surface area contributed by atoms with E-state index >= 15 is 0 Å². The van der Waals surface area contributed by atoms with Crippen LogP contribution >= 0.6 is 23.1 Å². The van der Waals surface area contributed by atoms with E-state index in [4.69, 9.17) is 4.74 Å². The molecule has 0 radical (unpaired) electrons. The molecule has 0 N–H and O–H groups in total. The van der Waals surface area contributed by atoms with Crippen LogP contribution < -0.4 is 0 Å². The van der Waals surface area contributed by atoms with E-state index in [-0.39, 0.29) is 18.1 Å². The standard InChI is InChI=1S/C18H22N2O2S2/c1-12-8-20(9-13(2)22-12)18(21)16-6-4-5-7-17(16)24-11-15-10-23-14(3)19-15/h4-7,10,12-13H,8-9,11H2,1-3H3. The average Bonchev–Trinajstić information content (AvgIpc) is 2.97. The van der Waals surface area contributed by atoms with Gasteiger partial charge < -0.3 is 9.64 Å². The highest BCUT2D eigenvalue weighted by molar-refractivity contribution is 7.98. The number of thioether (sulfide) groups is 1. The highest BCUT2D eigenvalue weighted by Gasteiger charge is 2.27. The predicted octanol–water partition coefficient (Wildman–Crippen LogP) is 3.99. The molecule has 2 atom stereocenters. The Balaban J connectivity index is 1.74. The lowest BCUT2D eigenvalue weighted by molar-refractivity contribution is -0.0586. The second-order valence-corrected chi connectivity index (χ2v) is 8.19. The minimum Gasteiger partial charge on any atom is -0.372 e. The zero-order valence-corrected chi connectivity index (χ0v) is 15.8. The second kappa shape index (κ2) is 7.68. The fourth-order valence-electron chi connectivity index (χ4n) is 2.91. The Morgan fingerprint density at radius 3 is 2.71 bits per heavy atom. The summed E-state index contributed by atoms with van der Waals surface area (Å²) in [6.07, 6.45) is 0.158. The SMILES string of the molecule is Cc1nc(CSc2ccccc2C(=O)N2CC(C)OC(C)C2)cs1. The summed E-state index contributed by atoms with van der Waals surface area (Å²) < 4.78 is 5.73.